The average molecular weight is 1040 g/mol. The van der Waals surface area contributed by atoms with Gasteiger partial charge < -0.3 is 20.3 Å². The van der Waals surface area contributed by atoms with Gasteiger partial charge in [0.25, 0.3) is 0 Å². The molecule has 0 aliphatic rings. The third-order valence-electron chi connectivity index (χ3n) is 15.4. The number of aliphatic hydroxyl groups excluding tert-OH is 2. The highest BCUT2D eigenvalue weighted by Gasteiger charge is 2.18. The van der Waals surface area contributed by atoms with E-state index in [4.69, 9.17) is 4.74 Å². The Morgan fingerprint density at radius 3 is 1.05 bits per heavy atom. The third-order valence-corrected chi connectivity index (χ3v) is 15.4. The molecule has 0 radical (unpaired) electrons. The number of carbonyl (C=O) groups excluding carboxylic acids is 2. The normalized spacial score (nSPS) is 12.8. The van der Waals surface area contributed by atoms with Crippen LogP contribution in [0.2, 0.25) is 0 Å². The summed E-state index contributed by atoms with van der Waals surface area (Å²) in [4.78, 5) is 24.5. The molecule has 436 valence electrons. The van der Waals surface area contributed by atoms with Gasteiger partial charge in [0.2, 0.25) is 5.91 Å². The van der Waals surface area contributed by atoms with Crippen molar-refractivity contribution < 1.29 is 24.5 Å². The molecule has 0 aliphatic heterocycles. The summed E-state index contributed by atoms with van der Waals surface area (Å²) in [5.74, 6) is -0.0576. The molecule has 0 saturated heterocycles. The zero-order valence-corrected chi connectivity index (χ0v) is 49.8. The smallest absolute Gasteiger partial charge is 0.305 e. The molecule has 3 N–H and O–H groups in total. The van der Waals surface area contributed by atoms with Crippen molar-refractivity contribution in [2.75, 3.05) is 13.2 Å². The van der Waals surface area contributed by atoms with E-state index in [2.05, 4.69) is 43.5 Å². The molecule has 74 heavy (non-hydrogen) atoms. The Morgan fingerprint density at radius 2 is 0.676 bits per heavy atom. The van der Waals surface area contributed by atoms with E-state index in [-0.39, 0.29) is 18.5 Å². The number of ether oxygens (including phenoxy) is 1. The summed E-state index contributed by atoms with van der Waals surface area (Å²) in [6, 6.07) is -0.622. The maximum Gasteiger partial charge on any atom is 0.305 e. The Kier molecular flexibility index (Phi) is 62.0. The van der Waals surface area contributed by atoms with E-state index in [9.17, 15) is 19.8 Å². The van der Waals surface area contributed by atoms with Crippen LogP contribution in [-0.4, -0.2) is 47.4 Å². The number of nitrogens with one attached hydrogen (secondary N) is 1. The summed E-state index contributed by atoms with van der Waals surface area (Å²) in [5.41, 5.74) is 0. The lowest BCUT2D eigenvalue weighted by molar-refractivity contribution is -0.143. The fourth-order valence-electron chi connectivity index (χ4n) is 10.3. The zero-order valence-electron chi connectivity index (χ0n) is 49.8. The predicted molar refractivity (Wildman–Crippen MR) is 324 cm³/mol. The second kappa shape index (κ2) is 63.6. The molecule has 0 saturated carbocycles. The Bertz CT molecular complexity index is 1200. The van der Waals surface area contributed by atoms with E-state index < -0.39 is 12.1 Å². The van der Waals surface area contributed by atoms with Crippen molar-refractivity contribution in [1.82, 2.24) is 5.32 Å². The fourth-order valence-corrected chi connectivity index (χ4v) is 10.3. The molecule has 0 fully saturated rings. The summed E-state index contributed by atoms with van der Waals surface area (Å²) in [6.07, 6.45) is 80.9. The number of hydrogen-bond acceptors (Lipinski definition) is 5. The lowest BCUT2D eigenvalue weighted by Gasteiger charge is -2.20. The fraction of sp³-hybridized carbons (Fsp3) is 0.882. The maximum atomic E-state index is 12.4. The zero-order chi connectivity index (χ0) is 53.6. The van der Waals surface area contributed by atoms with Crippen molar-refractivity contribution in [2.24, 2.45) is 0 Å². The van der Waals surface area contributed by atoms with Crippen LogP contribution in [0.4, 0.5) is 0 Å². The molecule has 0 spiro atoms. The van der Waals surface area contributed by atoms with E-state index in [1.165, 1.54) is 283 Å². The number of carbonyl (C=O) groups is 2. The molecule has 0 aromatic carbocycles. The van der Waals surface area contributed by atoms with Gasteiger partial charge in [-0.25, -0.2) is 0 Å². The van der Waals surface area contributed by atoms with Crippen molar-refractivity contribution >= 4 is 11.9 Å². The van der Waals surface area contributed by atoms with Crippen molar-refractivity contribution in [3.05, 3.63) is 36.5 Å². The van der Waals surface area contributed by atoms with Gasteiger partial charge in [0.1, 0.15) is 0 Å². The van der Waals surface area contributed by atoms with Gasteiger partial charge in [-0.15, -0.1) is 0 Å². The highest BCUT2D eigenvalue weighted by molar-refractivity contribution is 5.76. The van der Waals surface area contributed by atoms with Gasteiger partial charge in [0, 0.05) is 12.8 Å². The van der Waals surface area contributed by atoms with Gasteiger partial charge in [0.15, 0.2) is 0 Å². The van der Waals surface area contributed by atoms with Crippen LogP contribution in [0.5, 0.6) is 0 Å². The van der Waals surface area contributed by atoms with Crippen LogP contribution in [0, 0.1) is 0 Å². The molecule has 0 heterocycles. The molecular weight excluding hydrogens is 911 g/mol. The largest absolute Gasteiger partial charge is 0.466 e. The van der Waals surface area contributed by atoms with Crippen molar-refractivity contribution in [1.29, 1.82) is 0 Å². The summed E-state index contributed by atoms with van der Waals surface area (Å²) < 4.78 is 5.49. The molecule has 0 aromatic rings. The highest BCUT2D eigenvalue weighted by atomic mass is 16.5. The lowest BCUT2D eigenvalue weighted by atomic mass is 10.0. The van der Waals surface area contributed by atoms with Crippen LogP contribution in [0.3, 0.4) is 0 Å². The van der Waals surface area contributed by atoms with Gasteiger partial charge in [-0.3, -0.25) is 9.59 Å². The number of unbranched alkanes of at least 4 members (excludes halogenated alkanes) is 47. The molecule has 0 aromatic heterocycles. The predicted octanol–water partition coefficient (Wildman–Crippen LogP) is 21.1. The third kappa shape index (κ3) is 59.3. The van der Waals surface area contributed by atoms with E-state index in [0.717, 1.165) is 51.4 Å². The average Bonchev–Trinajstić information content (AvgIpc) is 3.40. The van der Waals surface area contributed by atoms with Crippen LogP contribution in [0.1, 0.15) is 361 Å². The molecule has 6 nitrogen and oxygen atoms in total. The highest BCUT2D eigenvalue weighted by Crippen LogP contribution is 2.18. The van der Waals surface area contributed by atoms with E-state index in [1.807, 2.05) is 6.08 Å². The molecule has 0 aliphatic carbocycles. The van der Waals surface area contributed by atoms with Crippen molar-refractivity contribution in [3.8, 4) is 0 Å². The van der Waals surface area contributed by atoms with Crippen LogP contribution in [0.25, 0.3) is 0 Å². The second-order valence-corrected chi connectivity index (χ2v) is 22.8. The minimum absolute atomic E-state index is 0.00735. The van der Waals surface area contributed by atoms with Crippen LogP contribution in [0.15, 0.2) is 36.5 Å². The molecule has 2 unspecified atom stereocenters. The van der Waals surface area contributed by atoms with Gasteiger partial charge in [-0.1, -0.05) is 320 Å². The number of aliphatic hydroxyl groups is 2. The van der Waals surface area contributed by atoms with E-state index in [0.29, 0.717) is 19.4 Å². The van der Waals surface area contributed by atoms with Gasteiger partial charge in [-0.2, -0.15) is 0 Å². The molecule has 0 rings (SSSR count). The van der Waals surface area contributed by atoms with Crippen molar-refractivity contribution in [3.63, 3.8) is 0 Å². The standard InChI is InChI=1S/C68H129NO5/c1-3-5-7-9-11-13-14-15-35-39-42-46-50-54-58-62-68(73)74-63-59-55-51-47-43-40-37-34-32-30-28-26-24-22-20-18-16-17-19-21-23-25-27-29-31-33-36-38-41-45-49-53-57-61-67(72)69-65(64-70)66(71)60-56-52-48-44-12-10-8-6-4-2/h11,13,15,35,56,60,65-66,70-71H,3-10,12,14,16-34,36-55,57-59,61-64H2,1-2H3,(H,69,72)/b13-11-,35-15-,60-56+. The summed E-state index contributed by atoms with van der Waals surface area (Å²) in [6.45, 7) is 4.86. The van der Waals surface area contributed by atoms with Gasteiger partial charge in [0.05, 0.1) is 25.4 Å². The Hall–Kier alpha value is -1.92. The summed E-state index contributed by atoms with van der Waals surface area (Å²) in [5, 5.41) is 23.0. The minimum Gasteiger partial charge on any atom is -0.466 e. The Labute approximate surface area is 462 Å². The monoisotopic (exact) mass is 1040 g/mol. The quantitative estimate of drug-likeness (QED) is 0.0320. The Balaban J connectivity index is 3.30. The number of esters is 1. The van der Waals surface area contributed by atoms with E-state index >= 15 is 0 Å². The second-order valence-electron chi connectivity index (χ2n) is 22.8. The Morgan fingerprint density at radius 1 is 0.378 bits per heavy atom. The van der Waals surface area contributed by atoms with Crippen LogP contribution in [-0.2, 0) is 14.3 Å². The number of rotatable bonds is 62. The molecule has 6 heteroatoms. The topological polar surface area (TPSA) is 95.9 Å². The first-order valence-electron chi connectivity index (χ1n) is 33.3. The first-order valence-corrected chi connectivity index (χ1v) is 33.3. The first kappa shape index (κ1) is 72.1. The molecule has 1 amide bonds. The van der Waals surface area contributed by atoms with Crippen molar-refractivity contribution in [2.45, 2.75) is 373 Å². The first-order chi connectivity index (χ1) is 36.5. The number of allylic oxidation sites excluding steroid dienone is 5. The molecular formula is C68H129NO5. The summed E-state index contributed by atoms with van der Waals surface area (Å²) >= 11 is 0. The van der Waals surface area contributed by atoms with E-state index in [1.54, 1.807) is 6.08 Å². The molecule has 2 atom stereocenters. The number of amides is 1. The van der Waals surface area contributed by atoms with Gasteiger partial charge in [-0.05, 0) is 64.2 Å². The molecule has 0 bridgehead atoms. The summed E-state index contributed by atoms with van der Waals surface area (Å²) in [7, 11) is 0. The maximum absolute atomic E-state index is 12.4. The number of hydrogen-bond donors (Lipinski definition) is 3. The van der Waals surface area contributed by atoms with Crippen LogP contribution >= 0.6 is 0 Å². The van der Waals surface area contributed by atoms with Crippen LogP contribution < -0.4 is 5.32 Å². The minimum atomic E-state index is -0.838. The lowest BCUT2D eigenvalue weighted by Crippen LogP contribution is -2.45. The van der Waals surface area contributed by atoms with Gasteiger partial charge >= 0.3 is 5.97 Å². The SMILES string of the molecule is CCCCC/C=C\C/C=C\CCCCCCCC(=O)OCCCCCCCCCCCCCCCCCCCCCCCCCCCCCCCCCCCC(=O)NC(CO)C(O)/C=C/CCCCCCCCC.